The minimum absolute atomic E-state index is 0.200. The van der Waals surface area contributed by atoms with E-state index < -0.39 is 21.5 Å². The van der Waals surface area contributed by atoms with Crippen molar-refractivity contribution >= 4 is 26.8 Å². The van der Waals surface area contributed by atoms with Gasteiger partial charge in [-0.15, -0.1) is 0 Å². The third kappa shape index (κ3) is 3.64. The number of sulfonamides is 1. The summed E-state index contributed by atoms with van der Waals surface area (Å²) in [6, 6.07) is 5.18. The van der Waals surface area contributed by atoms with Gasteiger partial charge in [0.15, 0.2) is 0 Å². The van der Waals surface area contributed by atoms with E-state index in [0.29, 0.717) is 38.2 Å². The van der Waals surface area contributed by atoms with Crippen molar-refractivity contribution in [3.05, 3.63) is 53.7 Å². The second kappa shape index (κ2) is 8.33. The molecule has 4 heterocycles. The number of aliphatic hydroxyl groups excluding tert-OH is 1. The van der Waals surface area contributed by atoms with Crippen molar-refractivity contribution < 1.29 is 23.1 Å². The van der Waals surface area contributed by atoms with Gasteiger partial charge in [0.25, 0.3) is 5.91 Å². The third-order valence-corrected chi connectivity index (χ3v) is 8.42. The molecule has 2 N–H and O–H groups in total. The van der Waals surface area contributed by atoms with Crippen LogP contribution in [0.5, 0.6) is 5.75 Å². The molecule has 1 aromatic carbocycles. The van der Waals surface area contributed by atoms with Gasteiger partial charge in [0.1, 0.15) is 11.4 Å². The standard InChI is InChI=1S/C23H27N5O5S/c1-33-15-3-4-16-17(11-15)26-21-19(13-29)28(22(30)18-12-24-7-8-25-18)14-23(20(16)21)5-9-27(10-6-23)34(2,31)32/h3-4,7-8,11-12,19,26,29H,5-6,9-10,13-14H2,1-2H3/t19-/m1/s1. The number of aliphatic hydroxyl groups is 1. The Bertz CT molecular complexity index is 1330. The van der Waals surface area contributed by atoms with Gasteiger partial charge in [-0.2, -0.15) is 0 Å². The van der Waals surface area contributed by atoms with Gasteiger partial charge in [-0.3, -0.25) is 9.78 Å². The highest BCUT2D eigenvalue weighted by molar-refractivity contribution is 7.88. The number of piperidine rings is 1. The summed E-state index contributed by atoms with van der Waals surface area (Å²) >= 11 is 0. The van der Waals surface area contributed by atoms with E-state index in [4.69, 9.17) is 4.74 Å². The highest BCUT2D eigenvalue weighted by Gasteiger charge is 2.49. The van der Waals surface area contributed by atoms with Gasteiger partial charge in [0.2, 0.25) is 10.0 Å². The Morgan fingerprint density at radius 2 is 2.06 bits per heavy atom. The Morgan fingerprint density at radius 3 is 2.68 bits per heavy atom. The molecule has 0 unspecified atom stereocenters. The zero-order valence-corrected chi connectivity index (χ0v) is 19.9. The van der Waals surface area contributed by atoms with E-state index in [9.17, 15) is 18.3 Å². The van der Waals surface area contributed by atoms with Crippen LogP contribution in [0.25, 0.3) is 10.9 Å². The Balaban J connectivity index is 1.66. The number of benzene rings is 1. The lowest BCUT2D eigenvalue weighted by Crippen LogP contribution is -2.55. The summed E-state index contributed by atoms with van der Waals surface area (Å²) < 4.78 is 31.2. The minimum atomic E-state index is -3.31. The van der Waals surface area contributed by atoms with Crippen LogP contribution in [-0.4, -0.2) is 83.2 Å². The summed E-state index contributed by atoms with van der Waals surface area (Å²) in [6.07, 6.45) is 6.71. The molecule has 0 aliphatic carbocycles. The van der Waals surface area contributed by atoms with Gasteiger partial charge in [0.05, 0.1) is 32.2 Å². The lowest BCUT2D eigenvalue weighted by atomic mass is 9.68. The Hall–Kier alpha value is -3.02. The summed E-state index contributed by atoms with van der Waals surface area (Å²) in [7, 11) is -1.71. The van der Waals surface area contributed by atoms with E-state index in [2.05, 4.69) is 15.0 Å². The number of H-pyrrole nitrogens is 1. The Morgan fingerprint density at radius 1 is 1.29 bits per heavy atom. The number of nitrogens with one attached hydrogen (secondary N) is 1. The molecular formula is C23H27N5O5S. The normalized spacial score (nSPS) is 20.4. The number of amides is 1. The summed E-state index contributed by atoms with van der Waals surface area (Å²) in [4.78, 5) is 26.8. The molecular weight excluding hydrogens is 458 g/mol. The molecule has 2 aliphatic rings. The van der Waals surface area contributed by atoms with Gasteiger partial charge < -0.3 is 19.7 Å². The number of carbonyl (C=O) groups is 1. The predicted molar refractivity (Wildman–Crippen MR) is 125 cm³/mol. The molecule has 0 saturated carbocycles. The average molecular weight is 486 g/mol. The first-order chi connectivity index (χ1) is 16.3. The molecule has 11 heteroatoms. The number of aromatic nitrogens is 3. The molecule has 34 heavy (non-hydrogen) atoms. The summed E-state index contributed by atoms with van der Waals surface area (Å²) in [6.45, 7) is 0.794. The molecule has 1 spiro atoms. The van der Waals surface area contributed by atoms with Crippen molar-refractivity contribution in [1.82, 2.24) is 24.2 Å². The molecule has 1 amide bonds. The summed E-state index contributed by atoms with van der Waals surface area (Å²) in [5.74, 6) is 0.374. The smallest absolute Gasteiger partial charge is 0.274 e. The number of rotatable bonds is 4. The molecule has 1 fully saturated rings. The van der Waals surface area contributed by atoms with Crippen LogP contribution in [0.4, 0.5) is 0 Å². The molecule has 0 bridgehead atoms. The first kappa shape index (κ1) is 22.8. The first-order valence-electron chi connectivity index (χ1n) is 11.1. The quantitative estimate of drug-likeness (QED) is 0.572. The molecule has 5 rings (SSSR count). The van der Waals surface area contributed by atoms with Crippen molar-refractivity contribution in [2.75, 3.05) is 39.6 Å². The minimum Gasteiger partial charge on any atom is -0.497 e. The molecule has 10 nitrogen and oxygen atoms in total. The van der Waals surface area contributed by atoms with Crippen LogP contribution in [0.2, 0.25) is 0 Å². The highest BCUT2D eigenvalue weighted by atomic mass is 32.2. The molecule has 3 aromatic rings. The maximum atomic E-state index is 13.5. The van der Waals surface area contributed by atoms with Crippen molar-refractivity contribution in [3.8, 4) is 5.75 Å². The maximum Gasteiger partial charge on any atom is 0.274 e. The zero-order valence-electron chi connectivity index (χ0n) is 19.1. The molecule has 0 radical (unpaired) electrons. The first-order valence-corrected chi connectivity index (χ1v) is 13.0. The molecule has 1 saturated heterocycles. The summed E-state index contributed by atoms with van der Waals surface area (Å²) in [5, 5.41) is 11.4. The van der Waals surface area contributed by atoms with Crippen molar-refractivity contribution in [3.63, 3.8) is 0 Å². The number of methoxy groups -OCH3 is 1. The fourth-order valence-electron chi connectivity index (χ4n) is 5.43. The summed E-state index contributed by atoms with van der Waals surface area (Å²) in [5.41, 5.74) is 2.38. The van der Waals surface area contributed by atoms with Crippen LogP contribution < -0.4 is 4.74 Å². The van der Waals surface area contributed by atoms with Crippen molar-refractivity contribution in [2.24, 2.45) is 0 Å². The molecule has 2 aromatic heterocycles. The van der Waals surface area contributed by atoms with Gasteiger partial charge in [-0.05, 0) is 30.5 Å². The van der Waals surface area contributed by atoms with Gasteiger partial charge in [-0.1, -0.05) is 0 Å². The lowest BCUT2D eigenvalue weighted by molar-refractivity contribution is 0.0382. The van der Waals surface area contributed by atoms with E-state index in [1.54, 1.807) is 12.0 Å². The van der Waals surface area contributed by atoms with E-state index in [0.717, 1.165) is 22.2 Å². The van der Waals surface area contributed by atoms with Gasteiger partial charge in [0, 0.05) is 60.1 Å². The SMILES string of the molecule is COc1ccc2c3c([nH]c2c1)[C@@H](CO)N(C(=O)c1cnccn1)CC31CCN(S(C)(=O)=O)CC1. The molecule has 2 aliphatic heterocycles. The van der Waals surface area contributed by atoms with Crippen LogP contribution in [0.3, 0.4) is 0 Å². The number of fused-ring (bicyclic) bond motifs is 4. The molecule has 180 valence electrons. The zero-order chi connectivity index (χ0) is 24.1. The van der Waals surface area contributed by atoms with Crippen LogP contribution >= 0.6 is 0 Å². The van der Waals surface area contributed by atoms with Crippen molar-refractivity contribution in [2.45, 2.75) is 24.3 Å². The Labute approximate surface area is 197 Å². The number of hydrogen-bond donors (Lipinski definition) is 2. The number of hydrogen-bond acceptors (Lipinski definition) is 7. The van der Waals surface area contributed by atoms with E-state index in [-0.39, 0.29) is 18.2 Å². The third-order valence-electron chi connectivity index (χ3n) is 7.11. The fraction of sp³-hybridized carbons (Fsp3) is 0.435. The largest absolute Gasteiger partial charge is 0.497 e. The second-order valence-corrected chi connectivity index (χ2v) is 11.0. The predicted octanol–water partition coefficient (Wildman–Crippen LogP) is 1.45. The lowest BCUT2D eigenvalue weighted by Gasteiger charge is -2.49. The maximum absolute atomic E-state index is 13.5. The van der Waals surface area contributed by atoms with Gasteiger partial charge >= 0.3 is 0 Å². The highest BCUT2D eigenvalue weighted by Crippen LogP contribution is 2.49. The van der Waals surface area contributed by atoms with Crippen molar-refractivity contribution in [1.29, 1.82) is 0 Å². The van der Waals surface area contributed by atoms with Crippen LogP contribution in [0.15, 0.2) is 36.8 Å². The van der Waals surface area contributed by atoms with Gasteiger partial charge in [-0.25, -0.2) is 17.7 Å². The second-order valence-electron chi connectivity index (χ2n) is 8.99. The number of ether oxygens (including phenoxy) is 1. The van der Waals surface area contributed by atoms with E-state index >= 15 is 0 Å². The fourth-order valence-corrected chi connectivity index (χ4v) is 6.28. The van der Waals surface area contributed by atoms with E-state index in [1.807, 2.05) is 18.2 Å². The number of aromatic amines is 1. The van der Waals surface area contributed by atoms with Crippen LogP contribution in [0.1, 0.15) is 40.6 Å². The monoisotopic (exact) mass is 485 g/mol. The number of nitrogens with zero attached hydrogens (tertiary/aromatic N) is 4. The van der Waals surface area contributed by atoms with Crippen LogP contribution in [-0.2, 0) is 15.4 Å². The molecule has 1 atom stereocenters. The van der Waals surface area contributed by atoms with E-state index in [1.165, 1.54) is 29.2 Å². The Kier molecular flexibility index (Phi) is 5.58. The topological polar surface area (TPSA) is 129 Å². The number of carbonyl (C=O) groups excluding carboxylic acids is 1. The van der Waals surface area contributed by atoms with Crippen LogP contribution in [0, 0.1) is 0 Å². The average Bonchev–Trinajstić information content (AvgIpc) is 3.23.